The first kappa shape index (κ1) is 21.1. The number of primary amides is 1. The van der Waals surface area contributed by atoms with Crippen molar-refractivity contribution in [2.75, 3.05) is 33.2 Å². The molecule has 4 aromatic rings. The molecule has 0 atom stereocenters. The van der Waals surface area contributed by atoms with E-state index in [4.69, 9.17) is 22.3 Å². The van der Waals surface area contributed by atoms with E-state index in [-0.39, 0.29) is 0 Å². The molecule has 1 aliphatic heterocycles. The number of imidazole rings is 1. The Labute approximate surface area is 195 Å². The lowest BCUT2D eigenvalue weighted by molar-refractivity contribution is 0.100. The Hall–Kier alpha value is -2.78. The first-order valence-electron chi connectivity index (χ1n) is 10.4. The fourth-order valence-electron chi connectivity index (χ4n) is 3.98. The zero-order valence-corrected chi connectivity index (χ0v) is 19.2. The molecule has 2 N–H and O–H groups in total. The second kappa shape index (κ2) is 8.63. The number of carbonyl (C=O) groups excluding carboxylic acids is 1. The smallest absolute Gasteiger partial charge is 0.261 e. The lowest BCUT2D eigenvalue weighted by Gasteiger charge is -2.32. The highest BCUT2D eigenvalue weighted by molar-refractivity contribution is 7.16. The first-order valence-corrected chi connectivity index (χ1v) is 11.6. The second-order valence-corrected chi connectivity index (χ2v) is 9.42. The summed E-state index contributed by atoms with van der Waals surface area (Å²) in [6.07, 6.45) is 1.74. The minimum Gasteiger partial charge on any atom is -0.365 e. The summed E-state index contributed by atoms with van der Waals surface area (Å²) in [5.74, 6) is -0.524. The van der Waals surface area contributed by atoms with E-state index < -0.39 is 5.91 Å². The van der Waals surface area contributed by atoms with Crippen LogP contribution in [-0.4, -0.2) is 63.5 Å². The molecular weight excluding hydrogens is 444 g/mol. The number of carbonyl (C=O) groups is 1. The third kappa shape index (κ3) is 4.02. The van der Waals surface area contributed by atoms with Crippen molar-refractivity contribution in [2.24, 2.45) is 5.73 Å². The van der Waals surface area contributed by atoms with Gasteiger partial charge >= 0.3 is 0 Å². The lowest BCUT2D eigenvalue weighted by atomic mass is 10.1. The van der Waals surface area contributed by atoms with Crippen molar-refractivity contribution in [1.82, 2.24) is 24.3 Å². The Morgan fingerprint density at radius 1 is 1.16 bits per heavy atom. The minimum atomic E-state index is -0.524. The zero-order chi connectivity index (χ0) is 22.2. The molecule has 1 aliphatic rings. The van der Waals surface area contributed by atoms with Gasteiger partial charge < -0.3 is 10.6 Å². The Kier molecular flexibility index (Phi) is 5.69. The van der Waals surface area contributed by atoms with E-state index in [0.29, 0.717) is 26.3 Å². The molecular formula is C23H23ClN6OS. The number of halogens is 1. The van der Waals surface area contributed by atoms with Crippen molar-refractivity contribution in [3.63, 3.8) is 0 Å². The van der Waals surface area contributed by atoms with Gasteiger partial charge in [0.1, 0.15) is 11.2 Å². The number of aromatic nitrogens is 3. The molecule has 5 rings (SSSR count). The van der Waals surface area contributed by atoms with E-state index in [1.54, 1.807) is 12.4 Å². The van der Waals surface area contributed by atoms with Crippen molar-refractivity contribution in [3.8, 4) is 16.4 Å². The van der Waals surface area contributed by atoms with Gasteiger partial charge in [-0.25, -0.2) is 9.97 Å². The van der Waals surface area contributed by atoms with E-state index in [1.807, 2.05) is 28.8 Å². The maximum absolute atomic E-state index is 12.2. The molecule has 3 heterocycles. The minimum absolute atomic E-state index is 0.378. The van der Waals surface area contributed by atoms with Crippen molar-refractivity contribution in [1.29, 1.82) is 0 Å². The highest BCUT2D eigenvalue weighted by Crippen LogP contribution is 2.35. The van der Waals surface area contributed by atoms with Crippen LogP contribution in [0.5, 0.6) is 0 Å². The third-order valence-corrected chi connectivity index (χ3v) is 7.19. The van der Waals surface area contributed by atoms with Gasteiger partial charge in [-0.3, -0.25) is 14.3 Å². The molecule has 1 amide bonds. The van der Waals surface area contributed by atoms with E-state index in [1.165, 1.54) is 16.9 Å². The molecule has 2 aromatic heterocycles. The monoisotopic (exact) mass is 466 g/mol. The molecule has 0 bridgehead atoms. The van der Waals surface area contributed by atoms with Crippen molar-refractivity contribution >= 4 is 39.9 Å². The molecule has 0 saturated carbocycles. The van der Waals surface area contributed by atoms with Crippen LogP contribution in [0.25, 0.3) is 27.4 Å². The van der Waals surface area contributed by atoms with Crippen LogP contribution in [0.2, 0.25) is 5.02 Å². The van der Waals surface area contributed by atoms with Crippen molar-refractivity contribution < 1.29 is 4.79 Å². The molecule has 0 radical (unpaired) electrons. The van der Waals surface area contributed by atoms with Crippen LogP contribution in [-0.2, 0) is 6.54 Å². The highest BCUT2D eigenvalue weighted by Gasteiger charge is 2.21. The fraction of sp³-hybridized carbons (Fsp3) is 0.261. The number of nitrogens with two attached hydrogens (primary N) is 1. The number of piperazine rings is 1. The Balaban J connectivity index is 1.53. The average Bonchev–Trinajstić information content (AvgIpc) is 3.40. The number of nitrogens with zero attached hydrogens (tertiary/aromatic N) is 5. The first-order chi connectivity index (χ1) is 15.5. The van der Waals surface area contributed by atoms with Crippen molar-refractivity contribution in [2.45, 2.75) is 6.54 Å². The normalized spacial score (nSPS) is 15.4. The van der Waals surface area contributed by atoms with Gasteiger partial charge in [0.05, 0.1) is 21.7 Å². The van der Waals surface area contributed by atoms with Crippen LogP contribution >= 0.6 is 22.9 Å². The zero-order valence-electron chi connectivity index (χ0n) is 17.7. The summed E-state index contributed by atoms with van der Waals surface area (Å²) in [6, 6.07) is 13.6. The number of rotatable bonds is 5. The van der Waals surface area contributed by atoms with Crippen LogP contribution in [0.4, 0.5) is 0 Å². The summed E-state index contributed by atoms with van der Waals surface area (Å²) in [5.41, 5.74) is 9.91. The summed E-state index contributed by atoms with van der Waals surface area (Å²) >= 11 is 7.62. The van der Waals surface area contributed by atoms with Gasteiger partial charge in [-0.15, -0.1) is 0 Å². The predicted octanol–water partition coefficient (Wildman–Crippen LogP) is 3.65. The van der Waals surface area contributed by atoms with E-state index in [0.717, 1.165) is 43.8 Å². The van der Waals surface area contributed by atoms with E-state index in [2.05, 4.69) is 34.0 Å². The average molecular weight is 467 g/mol. The Bertz CT molecular complexity index is 1290. The van der Waals surface area contributed by atoms with Gasteiger partial charge in [-0.2, -0.15) is 0 Å². The molecule has 164 valence electrons. The molecule has 0 spiro atoms. The van der Waals surface area contributed by atoms with Crippen LogP contribution in [0.15, 0.2) is 48.8 Å². The summed E-state index contributed by atoms with van der Waals surface area (Å²) in [4.78, 5) is 26.6. The standard InChI is InChI=1S/C23H23ClN6OS/c1-28-8-10-29(11-9-28)13-15-6-7-18-19(12-15)30(14-26-18)23-27-20(21(32-23)22(25)31)16-4-2-3-5-17(16)24/h2-7,12,14H,8-11,13H2,1H3,(H2,25,31). The maximum Gasteiger partial charge on any atom is 0.261 e. The van der Waals surface area contributed by atoms with Crippen LogP contribution in [0, 0.1) is 0 Å². The Morgan fingerprint density at radius 3 is 2.69 bits per heavy atom. The van der Waals surface area contributed by atoms with Gasteiger partial charge in [-0.05, 0) is 30.8 Å². The van der Waals surface area contributed by atoms with Gasteiger partial charge in [0, 0.05) is 38.3 Å². The number of benzene rings is 2. The van der Waals surface area contributed by atoms with Crippen LogP contribution in [0.3, 0.4) is 0 Å². The quantitative estimate of drug-likeness (QED) is 0.485. The van der Waals surface area contributed by atoms with Crippen molar-refractivity contribution in [3.05, 3.63) is 64.3 Å². The molecule has 0 aliphatic carbocycles. The number of hydrogen-bond donors (Lipinski definition) is 1. The molecule has 7 nitrogen and oxygen atoms in total. The number of thiazole rings is 1. The largest absolute Gasteiger partial charge is 0.365 e. The fourth-order valence-corrected chi connectivity index (χ4v) is 5.12. The molecule has 1 fully saturated rings. The Morgan fingerprint density at radius 2 is 1.94 bits per heavy atom. The summed E-state index contributed by atoms with van der Waals surface area (Å²) in [7, 11) is 2.16. The topological polar surface area (TPSA) is 80.3 Å². The SMILES string of the molecule is CN1CCN(Cc2ccc3ncn(-c4nc(-c5ccccc5Cl)c(C(N)=O)s4)c3c2)CC1. The van der Waals surface area contributed by atoms with Crippen LogP contribution in [0.1, 0.15) is 15.2 Å². The molecule has 0 unspecified atom stereocenters. The number of amides is 1. The summed E-state index contributed by atoms with van der Waals surface area (Å²) in [6.45, 7) is 5.18. The number of fused-ring (bicyclic) bond motifs is 1. The predicted molar refractivity (Wildman–Crippen MR) is 128 cm³/mol. The van der Waals surface area contributed by atoms with Crippen LogP contribution < -0.4 is 5.73 Å². The third-order valence-electron chi connectivity index (χ3n) is 5.79. The van der Waals surface area contributed by atoms with E-state index in [9.17, 15) is 4.79 Å². The summed E-state index contributed by atoms with van der Waals surface area (Å²) < 4.78 is 1.92. The maximum atomic E-state index is 12.2. The number of hydrogen-bond acceptors (Lipinski definition) is 6. The van der Waals surface area contributed by atoms with Gasteiger partial charge in [0.15, 0.2) is 5.13 Å². The molecule has 32 heavy (non-hydrogen) atoms. The lowest BCUT2D eigenvalue weighted by Crippen LogP contribution is -2.43. The van der Waals surface area contributed by atoms with Gasteiger partial charge in [0.25, 0.3) is 5.91 Å². The highest BCUT2D eigenvalue weighted by atomic mass is 35.5. The molecule has 2 aromatic carbocycles. The number of likely N-dealkylation sites (N-methyl/N-ethyl adjacent to an activating group) is 1. The molecule has 9 heteroatoms. The second-order valence-electron chi connectivity index (χ2n) is 8.04. The molecule has 1 saturated heterocycles. The van der Waals surface area contributed by atoms with E-state index >= 15 is 0 Å². The summed E-state index contributed by atoms with van der Waals surface area (Å²) in [5, 5.41) is 1.16. The van der Waals surface area contributed by atoms with Gasteiger partial charge in [0.2, 0.25) is 0 Å². The van der Waals surface area contributed by atoms with Gasteiger partial charge in [-0.1, -0.05) is 47.2 Å².